The van der Waals surface area contributed by atoms with Crippen molar-refractivity contribution < 1.29 is 0 Å². The molecule has 0 N–H and O–H groups in total. The standard InChI is InChI=1S/C10H11BrN4/c1-6-7(2)14-15(8(6)3)10-4-9(11)12-5-13-10/h4-5H,1-3H3. The largest absolute Gasteiger partial charge is 0.229 e. The second kappa shape index (κ2) is 3.73. The molecule has 4 nitrogen and oxygen atoms in total. The van der Waals surface area contributed by atoms with Crippen molar-refractivity contribution in [3.05, 3.63) is 33.9 Å². The number of aryl methyl sites for hydroxylation is 1. The third kappa shape index (κ3) is 1.79. The van der Waals surface area contributed by atoms with Crippen LogP contribution in [0.15, 0.2) is 17.0 Å². The summed E-state index contributed by atoms with van der Waals surface area (Å²) in [5, 5.41) is 4.43. The maximum absolute atomic E-state index is 4.43. The first-order chi connectivity index (χ1) is 7.09. The van der Waals surface area contributed by atoms with Crippen molar-refractivity contribution in [1.82, 2.24) is 19.7 Å². The van der Waals surface area contributed by atoms with E-state index >= 15 is 0 Å². The van der Waals surface area contributed by atoms with Gasteiger partial charge in [0.1, 0.15) is 10.9 Å². The van der Waals surface area contributed by atoms with Crippen LogP contribution < -0.4 is 0 Å². The minimum absolute atomic E-state index is 0.762. The van der Waals surface area contributed by atoms with Gasteiger partial charge in [0.25, 0.3) is 0 Å². The van der Waals surface area contributed by atoms with Gasteiger partial charge in [0.2, 0.25) is 0 Å². The normalized spacial score (nSPS) is 10.7. The molecule has 0 atom stereocenters. The van der Waals surface area contributed by atoms with Gasteiger partial charge >= 0.3 is 0 Å². The van der Waals surface area contributed by atoms with Gasteiger partial charge in [-0.1, -0.05) is 0 Å². The lowest BCUT2D eigenvalue weighted by Gasteiger charge is -2.02. The average molecular weight is 267 g/mol. The van der Waals surface area contributed by atoms with E-state index in [0.29, 0.717) is 0 Å². The lowest BCUT2D eigenvalue weighted by atomic mass is 10.2. The molecule has 0 saturated carbocycles. The summed E-state index contributed by atoms with van der Waals surface area (Å²) in [6.45, 7) is 6.09. The first kappa shape index (κ1) is 10.3. The molecule has 0 aliphatic rings. The molecule has 2 heterocycles. The first-order valence-electron chi connectivity index (χ1n) is 4.60. The zero-order valence-corrected chi connectivity index (χ0v) is 10.4. The van der Waals surface area contributed by atoms with Crippen LogP contribution in [-0.4, -0.2) is 19.7 Å². The third-order valence-electron chi connectivity index (χ3n) is 2.49. The van der Waals surface area contributed by atoms with Crippen molar-refractivity contribution in [3.63, 3.8) is 0 Å². The Balaban J connectivity index is 2.59. The summed E-state index contributed by atoms with van der Waals surface area (Å²) < 4.78 is 2.59. The molecule has 0 spiro atoms. The fraction of sp³-hybridized carbons (Fsp3) is 0.300. The number of rotatable bonds is 1. The van der Waals surface area contributed by atoms with E-state index in [9.17, 15) is 0 Å². The molecule has 0 fully saturated rings. The Bertz CT molecular complexity index is 504. The molecule has 0 unspecified atom stereocenters. The molecule has 2 aromatic rings. The van der Waals surface area contributed by atoms with Crippen molar-refractivity contribution in [1.29, 1.82) is 0 Å². The molecule has 0 bridgehead atoms. The van der Waals surface area contributed by atoms with Gasteiger partial charge in [-0.2, -0.15) is 5.10 Å². The number of halogens is 1. The smallest absolute Gasteiger partial charge is 0.158 e. The van der Waals surface area contributed by atoms with Crippen LogP contribution in [0.5, 0.6) is 0 Å². The molecule has 0 aliphatic carbocycles. The highest BCUT2D eigenvalue weighted by atomic mass is 79.9. The SMILES string of the molecule is Cc1nn(-c2cc(Br)ncn2)c(C)c1C. The Labute approximate surface area is 96.5 Å². The van der Waals surface area contributed by atoms with E-state index < -0.39 is 0 Å². The van der Waals surface area contributed by atoms with E-state index in [4.69, 9.17) is 0 Å². The van der Waals surface area contributed by atoms with Gasteiger partial charge in [0, 0.05) is 11.8 Å². The van der Waals surface area contributed by atoms with Crippen LogP contribution in [0.2, 0.25) is 0 Å². The van der Waals surface area contributed by atoms with Crippen molar-refractivity contribution in [2.24, 2.45) is 0 Å². The molecule has 0 aromatic carbocycles. The highest BCUT2D eigenvalue weighted by Gasteiger charge is 2.09. The van der Waals surface area contributed by atoms with Gasteiger partial charge in [-0.25, -0.2) is 14.6 Å². The number of hydrogen-bond donors (Lipinski definition) is 0. The molecule has 0 aliphatic heterocycles. The monoisotopic (exact) mass is 266 g/mol. The molecule has 2 aromatic heterocycles. The molecule has 78 valence electrons. The number of hydrogen-bond acceptors (Lipinski definition) is 3. The maximum Gasteiger partial charge on any atom is 0.158 e. The van der Waals surface area contributed by atoms with E-state index in [1.54, 1.807) is 0 Å². The molecule has 0 amide bonds. The quantitative estimate of drug-likeness (QED) is 0.745. The highest BCUT2D eigenvalue weighted by molar-refractivity contribution is 9.10. The van der Waals surface area contributed by atoms with E-state index in [0.717, 1.165) is 21.8 Å². The molecular formula is C10H11BrN4. The van der Waals surface area contributed by atoms with E-state index in [1.807, 2.05) is 24.6 Å². The van der Waals surface area contributed by atoms with Crippen molar-refractivity contribution >= 4 is 15.9 Å². The van der Waals surface area contributed by atoms with Crippen LogP contribution >= 0.6 is 15.9 Å². The predicted octanol–water partition coefficient (Wildman–Crippen LogP) is 2.35. The first-order valence-corrected chi connectivity index (χ1v) is 5.39. The topological polar surface area (TPSA) is 43.6 Å². The Morgan fingerprint density at radius 1 is 1.20 bits per heavy atom. The maximum atomic E-state index is 4.43. The number of aromatic nitrogens is 4. The Morgan fingerprint density at radius 3 is 2.47 bits per heavy atom. The number of nitrogens with zero attached hydrogens (tertiary/aromatic N) is 4. The lowest BCUT2D eigenvalue weighted by molar-refractivity contribution is 0.798. The predicted molar refractivity (Wildman–Crippen MR) is 61.1 cm³/mol. The van der Waals surface area contributed by atoms with Gasteiger partial charge in [0.05, 0.1) is 5.69 Å². The fourth-order valence-corrected chi connectivity index (χ4v) is 1.68. The summed E-state index contributed by atoms with van der Waals surface area (Å²) >= 11 is 3.32. The Morgan fingerprint density at radius 2 is 1.93 bits per heavy atom. The fourth-order valence-electron chi connectivity index (χ4n) is 1.38. The average Bonchev–Trinajstić information content (AvgIpc) is 2.46. The van der Waals surface area contributed by atoms with Gasteiger partial charge < -0.3 is 0 Å². The lowest BCUT2D eigenvalue weighted by Crippen LogP contribution is -2.02. The molecule has 2 rings (SSSR count). The summed E-state index contributed by atoms with van der Waals surface area (Å²) in [5.41, 5.74) is 3.34. The minimum atomic E-state index is 0.762. The van der Waals surface area contributed by atoms with Gasteiger partial charge in [-0.3, -0.25) is 0 Å². The summed E-state index contributed by atoms with van der Waals surface area (Å²) in [5.74, 6) is 0.783. The Kier molecular flexibility index (Phi) is 2.56. The van der Waals surface area contributed by atoms with Crippen molar-refractivity contribution in [2.75, 3.05) is 0 Å². The minimum Gasteiger partial charge on any atom is -0.229 e. The molecule has 15 heavy (non-hydrogen) atoms. The van der Waals surface area contributed by atoms with Crippen LogP contribution in [0, 0.1) is 20.8 Å². The van der Waals surface area contributed by atoms with Gasteiger partial charge in [-0.05, 0) is 42.3 Å². The molecule has 5 heteroatoms. The zero-order valence-electron chi connectivity index (χ0n) is 8.82. The van der Waals surface area contributed by atoms with E-state index in [2.05, 4.69) is 37.9 Å². The third-order valence-corrected chi connectivity index (χ3v) is 2.92. The summed E-state index contributed by atoms with van der Waals surface area (Å²) in [6.07, 6.45) is 1.52. The Hall–Kier alpha value is -1.23. The van der Waals surface area contributed by atoms with Crippen molar-refractivity contribution in [3.8, 4) is 5.82 Å². The van der Waals surface area contributed by atoms with Gasteiger partial charge in [0.15, 0.2) is 5.82 Å². The van der Waals surface area contributed by atoms with Crippen LogP contribution in [0.1, 0.15) is 17.0 Å². The van der Waals surface area contributed by atoms with Crippen molar-refractivity contribution in [2.45, 2.75) is 20.8 Å². The molecular weight excluding hydrogens is 256 g/mol. The van der Waals surface area contributed by atoms with Crippen LogP contribution in [0.3, 0.4) is 0 Å². The van der Waals surface area contributed by atoms with Crippen LogP contribution in [0.25, 0.3) is 5.82 Å². The summed E-state index contributed by atoms with van der Waals surface area (Å²) in [6, 6.07) is 1.85. The summed E-state index contributed by atoms with van der Waals surface area (Å²) in [4.78, 5) is 8.17. The van der Waals surface area contributed by atoms with Gasteiger partial charge in [-0.15, -0.1) is 0 Å². The summed E-state index contributed by atoms with van der Waals surface area (Å²) in [7, 11) is 0. The highest BCUT2D eigenvalue weighted by Crippen LogP contribution is 2.16. The molecule has 0 saturated heterocycles. The molecule has 0 radical (unpaired) electrons. The van der Waals surface area contributed by atoms with E-state index in [-0.39, 0.29) is 0 Å². The van der Waals surface area contributed by atoms with E-state index in [1.165, 1.54) is 11.9 Å². The second-order valence-electron chi connectivity index (χ2n) is 3.41. The zero-order chi connectivity index (χ0) is 11.0. The second-order valence-corrected chi connectivity index (χ2v) is 4.22. The van der Waals surface area contributed by atoms with Crippen LogP contribution in [0.4, 0.5) is 0 Å². The van der Waals surface area contributed by atoms with Crippen LogP contribution in [-0.2, 0) is 0 Å².